The predicted molar refractivity (Wildman–Crippen MR) is 59.2 cm³/mol. The van der Waals surface area contributed by atoms with Crippen LogP contribution in [0.3, 0.4) is 0 Å². The van der Waals surface area contributed by atoms with Crippen LogP contribution in [0.2, 0.25) is 0 Å². The van der Waals surface area contributed by atoms with Gasteiger partial charge in [0.1, 0.15) is 0 Å². The Morgan fingerprint density at radius 1 is 1.00 bits per heavy atom. The molecule has 3 heteroatoms. The van der Waals surface area contributed by atoms with Gasteiger partial charge in [-0.3, -0.25) is 0 Å². The highest BCUT2D eigenvalue weighted by Gasteiger charge is 1.98. The van der Waals surface area contributed by atoms with Crippen LogP contribution in [0.25, 0.3) is 11.4 Å². The Morgan fingerprint density at radius 2 is 1.64 bits per heavy atom. The Morgan fingerprint density at radius 3 is 2.21 bits per heavy atom. The summed E-state index contributed by atoms with van der Waals surface area (Å²) in [4.78, 5) is 9.66. The first-order valence-corrected chi connectivity index (χ1v) is 5.54. The van der Waals surface area contributed by atoms with Crippen molar-refractivity contribution in [3.63, 3.8) is 0 Å². The van der Waals surface area contributed by atoms with E-state index in [1.165, 1.54) is 0 Å². The summed E-state index contributed by atoms with van der Waals surface area (Å²) in [6, 6.07) is 9.98. The lowest BCUT2D eigenvalue weighted by molar-refractivity contribution is 1.11. The van der Waals surface area contributed by atoms with Crippen molar-refractivity contribution in [2.75, 3.05) is 6.26 Å². The van der Waals surface area contributed by atoms with Gasteiger partial charge in [0.05, 0.1) is 0 Å². The van der Waals surface area contributed by atoms with Crippen LogP contribution in [0.5, 0.6) is 0 Å². The average molecular weight is 202 g/mol. The third kappa shape index (κ3) is 1.93. The predicted octanol–water partition coefficient (Wildman–Crippen LogP) is 2.87. The zero-order chi connectivity index (χ0) is 9.80. The fraction of sp³-hybridized carbons (Fsp3) is 0.0909. The first-order valence-electron chi connectivity index (χ1n) is 4.31. The Bertz CT molecular complexity index is 397. The molecule has 0 aliphatic rings. The number of benzene rings is 1. The van der Waals surface area contributed by atoms with E-state index in [-0.39, 0.29) is 0 Å². The average Bonchev–Trinajstić information content (AvgIpc) is 2.30. The minimum absolute atomic E-state index is 0.781. The van der Waals surface area contributed by atoms with Gasteiger partial charge in [0, 0.05) is 22.9 Å². The van der Waals surface area contributed by atoms with Crippen molar-refractivity contribution in [3.8, 4) is 11.4 Å². The molecule has 0 N–H and O–H groups in total. The molecule has 0 amide bonds. The molecule has 0 unspecified atom stereocenters. The van der Waals surface area contributed by atoms with E-state index in [2.05, 4.69) is 9.97 Å². The third-order valence-corrected chi connectivity index (χ3v) is 2.58. The molecule has 14 heavy (non-hydrogen) atoms. The Balaban J connectivity index is 2.34. The summed E-state index contributed by atoms with van der Waals surface area (Å²) in [5.41, 5.74) is 1.06. The Kier molecular flexibility index (Phi) is 2.79. The summed E-state index contributed by atoms with van der Waals surface area (Å²) >= 11 is 1.65. The minimum Gasteiger partial charge on any atom is -0.235 e. The molecule has 0 spiro atoms. The number of aromatic nitrogens is 2. The van der Waals surface area contributed by atoms with Gasteiger partial charge in [-0.1, -0.05) is 30.3 Å². The van der Waals surface area contributed by atoms with Crippen LogP contribution < -0.4 is 0 Å². The summed E-state index contributed by atoms with van der Waals surface area (Å²) in [5.74, 6) is 0.781. The lowest BCUT2D eigenvalue weighted by atomic mass is 10.2. The van der Waals surface area contributed by atoms with Crippen molar-refractivity contribution in [3.05, 3.63) is 42.7 Å². The standard InChI is InChI=1S/C11H10N2S/c1-14-10-7-12-11(13-8-10)9-5-3-2-4-6-9/h2-8H,1H3. The van der Waals surface area contributed by atoms with E-state index in [1.54, 1.807) is 11.8 Å². The Hall–Kier alpha value is -1.35. The summed E-state index contributed by atoms with van der Waals surface area (Å²) in [6.45, 7) is 0. The lowest BCUT2D eigenvalue weighted by Gasteiger charge is -1.99. The van der Waals surface area contributed by atoms with Crippen molar-refractivity contribution in [2.45, 2.75) is 4.90 Å². The van der Waals surface area contributed by atoms with Crippen molar-refractivity contribution < 1.29 is 0 Å². The maximum Gasteiger partial charge on any atom is 0.159 e. The Labute approximate surface area is 87.4 Å². The van der Waals surface area contributed by atoms with Gasteiger partial charge in [-0.05, 0) is 6.26 Å². The van der Waals surface area contributed by atoms with E-state index in [0.29, 0.717) is 0 Å². The van der Waals surface area contributed by atoms with Gasteiger partial charge in [0.25, 0.3) is 0 Å². The second kappa shape index (κ2) is 4.24. The van der Waals surface area contributed by atoms with Crippen LogP contribution in [-0.4, -0.2) is 16.2 Å². The molecule has 1 aromatic heterocycles. The molecule has 1 aromatic carbocycles. The number of thioether (sulfide) groups is 1. The molecule has 0 radical (unpaired) electrons. The molecule has 0 saturated heterocycles. The van der Waals surface area contributed by atoms with Crippen molar-refractivity contribution in [1.29, 1.82) is 0 Å². The molecular weight excluding hydrogens is 192 g/mol. The fourth-order valence-electron chi connectivity index (χ4n) is 1.16. The fourth-order valence-corrected chi connectivity index (χ4v) is 1.47. The molecule has 0 atom stereocenters. The zero-order valence-corrected chi connectivity index (χ0v) is 8.66. The van der Waals surface area contributed by atoms with Crippen LogP contribution in [0.1, 0.15) is 0 Å². The van der Waals surface area contributed by atoms with Crippen molar-refractivity contribution in [2.24, 2.45) is 0 Å². The zero-order valence-electron chi connectivity index (χ0n) is 7.84. The molecule has 0 bridgehead atoms. The first kappa shape index (κ1) is 9.21. The minimum atomic E-state index is 0.781. The van der Waals surface area contributed by atoms with Crippen LogP contribution >= 0.6 is 11.8 Å². The quantitative estimate of drug-likeness (QED) is 0.700. The number of rotatable bonds is 2. The van der Waals surface area contributed by atoms with E-state index >= 15 is 0 Å². The van der Waals surface area contributed by atoms with Crippen molar-refractivity contribution in [1.82, 2.24) is 9.97 Å². The highest BCUT2D eigenvalue weighted by atomic mass is 32.2. The van der Waals surface area contributed by atoms with Crippen LogP contribution in [-0.2, 0) is 0 Å². The van der Waals surface area contributed by atoms with E-state index in [4.69, 9.17) is 0 Å². The van der Waals surface area contributed by atoms with Gasteiger partial charge in [0.2, 0.25) is 0 Å². The highest BCUT2D eigenvalue weighted by molar-refractivity contribution is 7.98. The van der Waals surface area contributed by atoms with Gasteiger partial charge in [0.15, 0.2) is 5.82 Å². The van der Waals surface area contributed by atoms with Crippen LogP contribution in [0, 0.1) is 0 Å². The van der Waals surface area contributed by atoms with Crippen LogP contribution in [0.4, 0.5) is 0 Å². The topological polar surface area (TPSA) is 25.8 Å². The normalized spacial score (nSPS) is 10.1. The summed E-state index contributed by atoms with van der Waals surface area (Å²) in [6.07, 6.45) is 5.71. The summed E-state index contributed by atoms with van der Waals surface area (Å²) in [7, 11) is 0. The lowest BCUT2D eigenvalue weighted by Crippen LogP contribution is -1.87. The first-order chi connectivity index (χ1) is 6.90. The molecule has 0 aliphatic heterocycles. The third-order valence-electron chi connectivity index (χ3n) is 1.90. The van der Waals surface area contributed by atoms with Gasteiger partial charge < -0.3 is 0 Å². The van der Waals surface area contributed by atoms with Gasteiger partial charge in [-0.2, -0.15) is 0 Å². The van der Waals surface area contributed by atoms with Gasteiger partial charge in [-0.25, -0.2) is 9.97 Å². The molecule has 2 rings (SSSR count). The van der Waals surface area contributed by atoms with Crippen LogP contribution in [0.15, 0.2) is 47.6 Å². The molecule has 2 nitrogen and oxygen atoms in total. The van der Waals surface area contributed by atoms with E-state index in [9.17, 15) is 0 Å². The molecule has 0 fully saturated rings. The summed E-state index contributed by atoms with van der Waals surface area (Å²) in [5, 5.41) is 0. The van der Waals surface area contributed by atoms with Crippen molar-refractivity contribution >= 4 is 11.8 Å². The molecule has 0 aliphatic carbocycles. The van der Waals surface area contributed by atoms with E-state index in [1.807, 2.05) is 49.0 Å². The second-order valence-corrected chi connectivity index (χ2v) is 3.69. The van der Waals surface area contributed by atoms with E-state index < -0.39 is 0 Å². The molecular formula is C11H10N2S. The number of nitrogens with zero attached hydrogens (tertiary/aromatic N) is 2. The van der Waals surface area contributed by atoms with Gasteiger partial charge >= 0.3 is 0 Å². The van der Waals surface area contributed by atoms with E-state index in [0.717, 1.165) is 16.3 Å². The number of hydrogen-bond donors (Lipinski definition) is 0. The largest absolute Gasteiger partial charge is 0.235 e. The maximum atomic E-state index is 4.29. The highest BCUT2D eigenvalue weighted by Crippen LogP contribution is 2.16. The second-order valence-electron chi connectivity index (χ2n) is 2.81. The molecule has 1 heterocycles. The molecule has 70 valence electrons. The SMILES string of the molecule is CSc1cnc(-c2ccccc2)nc1. The smallest absolute Gasteiger partial charge is 0.159 e. The summed E-state index contributed by atoms with van der Waals surface area (Å²) < 4.78 is 0. The van der Waals surface area contributed by atoms with Gasteiger partial charge in [-0.15, -0.1) is 11.8 Å². The number of hydrogen-bond acceptors (Lipinski definition) is 3. The monoisotopic (exact) mass is 202 g/mol. The molecule has 2 aromatic rings. The maximum absolute atomic E-state index is 4.29. The molecule has 0 saturated carbocycles.